The highest BCUT2D eigenvalue weighted by atomic mass is 16.6. The zero-order valence-electron chi connectivity index (χ0n) is 13.2. The summed E-state index contributed by atoms with van der Waals surface area (Å²) in [6.45, 7) is 7.28. The Kier molecular flexibility index (Phi) is 16.7. The monoisotopic (exact) mass is 307 g/mol. The van der Waals surface area contributed by atoms with Crippen LogP contribution in [0.25, 0.3) is 0 Å². The molecule has 0 fully saturated rings. The predicted molar refractivity (Wildman–Crippen MR) is 78.5 cm³/mol. The van der Waals surface area contributed by atoms with Gasteiger partial charge >= 0.3 is 5.97 Å². The van der Waals surface area contributed by atoms with E-state index in [2.05, 4.69) is 5.32 Å². The Morgan fingerprint density at radius 1 is 0.810 bits per heavy atom. The molecule has 0 spiro atoms. The third-order valence-corrected chi connectivity index (χ3v) is 2.37. The van der Waals surface area contributed by atoms with Crippen molar-refractivity contribution < 1.29 is 28.5 Å². The van der Waals surface area contributed by atoms with Gasteiger partial charge in [0.2, 0.25) is 0 Å². The Morgan fingerprint density at radius 2 is 1.29 bits per heavy atom. The number of carbonyl (C=O) groups is 1. The fourth-order valence-electron chi connectivity index (χ4n) is 1.32. The molecular weight excluding hydrogens is 278 g/mol. The molecule has 0 radical (unpaired) electrons. The molecule has 0 aliphatic rings. The summed E-state index contributed by atoms with van der Waals surface area (Å²) >= 11 is 0. The van der Waals surface area contributed by atoms with Gasteiger partial charge in [0.25, 0.3) is 0 Å². The average molecular weight is 307 g/mol. The first-order valence-electron chi connectivity index (χ1n) is 7.42. The van der Waals surface area contributed by atoms with Crippen molar-refractivity contribution in [1.82, 2.24) is 5.32 Å². The van der Waals surface area contributed by atoms with Gasteiger partial charge in [-0.2, -0.15) is 0 Å². The molecule has 0 saturated heterocycles. The van der Waals surface area contributed by atoms with Gasteiger partial charge in [0.15, 0.2) is 0 Å². The number of esters is 1. The minimum atomic E-state index is -0.233. The first-order valence-corrected chi connectivity index (χ1v) is 7.42. The second-order valence-corrected chi connectivity index (χ2v) is 4.11. The highest BCUT2D eigenvalue weighted by Gasteiger charge is 2.00. The molecule has 126 valence electrons. The fraction of sp³-hybridized carbons (Fsp3) is 0.929. The molecule has 0 bridgehead atoms. The quantitative estimate of drug-likeness (QED) is 0.323. The lowest BCUT2D eigenvalue weighted by atomic mass is 10.5. The van der Waals surface area contributed by atoms with Crippen LogP contribution in [0, 0.1) is 0 Å². The molecule has 0 heterocycles. The molecule has 0 aliphatic heterocycles. The van der Waals surface area contributed by atoms with Gasteiger partial charge in [0.05, 0.1) is 65.9 Å². The topological polar surface area (TPSA) is 75.3 Å². The van der Waals surface area contributed by atoms with Crippen molar-refractivity contribution in [1.29, 1.82) is 0 Å². The van der Waals surface area contributed by atoms with Crippen LogP contribution >= 0.6 is 0 Å². The van der Waals surface area contributed by atoms with Crippen LogP contribution in [0.4, 0.5) is 0 Å². The van der Waals surface area contributed by atoms with Crippen LogP contribution in [-0.2, 0) is 28.5 Å². The molecule has 7 heteroatoms. The van der Waals surface area contributed by atoms with E-state index in [1.54, 1.807) is 6.92 Å². The minimum absolute atomic E-state index is 0.233. The van der Waals surface area contributed by atoms with E-state index >= 15 is 0 Å². The maximum Gasteiger partial charge on any atom is 0.308 e. The molecule has 0 rings (SSSR count). The Bertz CT molecular complexity index is 228. The van der Waals surface area contributed by atoms with E-state index in [1.807, 2.05) is 7.05 Å². The Balaban J connectivity index is 3.01. The van der Waals surface area contributed by atoms with Crippen LogP contribution in [0.15, 0.2) is 0 Å². The normalized spacial score (nSPS) is 10.8. The molecule has 0 aromatic carbocycles. The SMILES string of the molecule is CCOC(=O)CCOCCOCCOCCOCCNC. The van der Waals surface area contributed by atoms with Gasteiger partial charge in [0.1, 0.15) is 0 Å². The molecule has 0 amide bonds. The number of likely N-dealkylation sites (N-methyl/N-ethyl adjacent to an activating group) is 1. The van der Waals surface area contributed by atoms with Crippen molar-refractivity contribution in [3.8, 4) is 0 Å². The fourth-order valence-corrected chi connectivity index (χ4v) is 1.32. The van der Waals surface area contributed by atoms with Gasteiger partial charge in [-0.1, -0.05) is 0 Å². The molecule has 0 aliphatic carbocycles. The molecule has 0 atom stereocenters. The number of rotatable bonds is 16. The zero-order valence-corrected chi connectivity index (χ0v) is 13.2. The van der Waals surface area contributed by atoms with Gasteiger partial charge in [0, 0.05) is 6.54 Å². The van der Waals surface area contributed by atoms with Crippen LogP contribution in [0.5, 0.6) is 0 Å². The highest BCUT2D eigenvalue weighted by molar-refractivity contribution is 5.69. The summed E-state index contributed by atoms with van der Waals surface area (Å²) in [6, 6.07) is 0. The maximum atomic E-state index is 11.0. The van der Waals surface area contributed by atoms with Crippen molar-refractivity contribution >= 4 is 5.97 Å². The summed E-state index contributed by atoms with van der Waals surface area (Å²) in [5, 5.41) is 3.00. The summed E-state index contributed by atoms with van der Waals surface area (Å²) in [5.41, 5.74) is 0. The molecule has 0 unspecified atom stereocenters. The Morgan fingerprint density at radius 3 is 1.76 bits per heavy atom. The van der Waals surface area contributed by atoms with Gasteiger partial charge < -0.3 is 29.0 Å². The maximum absolute atomic E-state index is 11.0. The predicted octanol–water partition coefficient (Wildman–Crippen LogP) is 0.225. The van der Waals surface area contributed by atoms with Gasteiger partial charge in [-0.15, -0.1) is 0 Å². The van der Waals surface area contributed by atoms with Crippen molar-refractivity contribution in [2.45, 2.75) is 13.3 Å². The van der Waals surface area contributed by atoms with Crippen LogP contribution in [0.2, 0.25) is 0 Å². The van der Waals surface area contributed by atoms with Crippen LogP contribution < -0.4 is 5.32 Å². The lowest BCUT2D eigenvalue weighted by Crippen LogP contribution is -2.17. The first-order chi connectivity index (χ1) is 10.3. The Labute approximate surface area is 127 Å². The molecule has 0 saturated carbocycles. The number of ether oxygens (including phenoxy) is 5. The second kappa shape index (κ2) is 17.3. The largest absolute Gasteiger partial charge is 0.466 e. The smallest absolute Gasteiger partial charge is 0.308 e. The summed E-state index contributed by atoms with van der Waals surface area (Å²) in [6.07, 6.45) is 0.282. The van der Waals surface area contributed by atoms with Gasteiger partial charge in [-0.25, -0.2) is 0 Å². The third kappa shape index (κ3) is 17.2. The summed E-state index contributed by atoms with van der Waals surface area (Å²) < 4.78 is 26.0. The summed E-state index contributed by atoms with van der Waals surface area (Å²) in [4.78, 5) is 11.0. The standard InChI is InChI=1S/C14H29NO6/c1-3-21-14(16)4-6-17-8-10-19-12-13-20-11-9-18-7-5-15-2/h15H,3-13H2,1-2H3. The van der Waals surface area contributed by atoms with E-state index in [9.17, 15) is 4.79 Å². The molecule has 0 aromatic heterocycles. The van der Waals surface area contributed by atoms with E-state index in [-0.39, 0.29) is 12.4 Å². The van der Waals surface area contributed by atoms with Crippen molar-refractivity contribution in [2.24, 2.45) is 0 Å². The number of hydrogen-bond acceptors (Lipinski definition) is 7. The van der Waals surface area contributed by atoms with Gasteiger partial charge in [-0.05, 0) is 14.0 Å². The lowest BCUT2D eigenvalue weighted by molar-refractivity contribution is -0.144. The van der Waals surface area contributed by atoms with E-state index in [4.69, 9.17) is 23.7 Å². The van der Waals surface area contributed by atoms with Gasteiger partial charge in [-0.3, -0.25) is 4.79 Å². The van der Waals surface area contributed by atoms with Crippen molar-refractivity contribution in [3.63, 3.8) is 0 Å². The molecule has 0 aromatic rings. The number of carbonyl (C=O) groups excluding carboxylic acids is 1. The van der Waals surface area contributed by atoms with Crippen LogP contribution in [0.1, 0.15) is 13.3 Å². The summed E-state index contributed by atoms with van der Waals surface area (Å²) in [5.74, 6) is -0.233. The lowest BCUT2D eigenvalue weighted by Gasteiger charge is -2.07. The minimum Gasteiger partial charge on any atom is -0.466 e. The van der Waals surface area contributed by atoms with E-state index in [1.165, 1.54) is 0 Å². The second-order valence-electron chi connectivity index (χ2n) is 4.11. The number of nitrogens with one attached hydrogen (secondary N) is 1. The van der Waals surface area contributed by atoms with Crippen molar-refractivity contribution in [3.05, 3.63) is 0 Å². The summed E-state index contributed by atoms with van der Waals surface area (Å²) in [7, 11) is 1.89. The average Bonchev–Trinajstić information content (AvgIpc) is 2.48. The Hall–Kier alpha value is -0.730. The van der Waals surface area contributed by atoms with Crippen molar-refractivity contribution in [2.75, 3.05) is 73.1 Å². The molecule has 7 nitrogen and oxygen atoms in total. The zero-order chi connectivity index (χ0) is 15.6. The van der Waals surface area contributed by atoms with E-state index in [0.717, 1.165) is 6.54 Å². The van der Waals surface area contributed by atoms with Crippen LogP contribution in [0.3, 0.4) is 0 Å². The van der Waals surface area contributed by atoms with E-state index in [0.29, 0.717) is 59.5 Å². The highest BCUT2D eigenvalue weighted by Crippen LogP contribution is 1.88. The number of hydrogen-bond donors (Lipinski definition) is 1. The third-order valence-electron chi connectivity index (χ3n) is 2.37. The molecule has 1 N–H and O–H groups in total. The molecular formula is C14H29NO6. The molecule has 21 heavy (non-hydrogen) atoms. The van der Waals surface area contributed by atoms with Crippen LogP contribution in [-0.4, -0.2) is 79.0 Å². The van der Waals surface area contributed by atoms with E-state index < -0.39 is 0 Å². The first kappa shape index (κ1) is 20.3.